The largest absolute Gasteiger partial charge is 0.338 e. The van der Waals surface area contributed by atoms with E-state index in [4.69, 9.17) is 0 Å². The summed E-state index contributed by atoms with van der Waals surface area (Å²) >= 11 is 0. The molecule has 0 aliphatic rings. The Hall–Kier alpha value is -2.95. The van der Waals surface area contributed by atoms with E-state index in [2.05, 4.69) is 26.0 Å². The number of para-hydroxylation sites is 2. The topological polar surface area (TPSA) is 59.4 Å². The van der Waals surface area contributed by atoms with Crippen LogP contribution in [0, 0.1) is 0 Å². The Morgan fingerprint density at radius 3 is 2.90 bits per heavy atom. The molecule has 0 saturated heterocycles. The number of pyridine rings is 1. The third-order valence-corrected chi connectivity index (χ3v) is 3.38. The molecule has 0 fully saturated rings. The van der Waals surface area contributed by atoms with Crippen molar-refractivity contribution in [3.8, 4) is 11.4 Å². The lowest BCUT2D eigenvalue weighted by atomic mass is 10.2. The Balaban J connectivity index is 1.71. The number of imidazole rings is 2. The van der Waals surface area contributed by atoms with Crippen LogP contribution in [-0.4, -0.2) is 24.5 Å². The van der Waals surface area contributed by atoms with Gasteiger partial charge in [0.1, 0.15) is 5.82 Å². The number of benzene rings is 1. The molecule has 5 heteroatoms. The zero-order chi connectivity index (χ0) is 14.1. The van der Waals surface area contributed by atoms with Gasteiger partial charge in [0.2, 0.25) is 0 Å². The second kappa shape index (κ2) is 4.86. The van der Waals surface area contributed by atoms with Crippen LogP contribution >= 0.6 is 0 Å². The fourth-order valence-corrected chi connectivity index (χ4v) is 2.38. The van der Waals surface area contributed by atoms with Crippen LogP contribution in [0.2, 0.25) is 0 Å². The maximum Gasteiger partial charge on any atom is 0.140 e. The first-order valence-corrected chi connectivity index (χ1v) is 6.73. The minimum Gasteiger partial charge on any atom is -0.338 e. The zero-order valence-corrected chi connectivity index (χ0v) is 11.3. The summed E-state index contributed by atoms with van der Waals surface area (Å²) in [4.78, 5) is 16.3. The highest BCUT2D eigenvalue weighted by molar-refractivity contribution is 5.79. The molecule has 0 amide bonds. The van der Waals surface area contributed by atoms with Gasteiger partial charge in [-0.05, 0) is 23.8 Å². The van der Waals surface area contributed by atoms with E-state index in [1.54, 1.807) is 12.5 Å². The van der Waals surface area contributed by atoms with Crippen LogP contribution in [0.15, 0.2) is 61.4 Å². The third kappa shape index (κ3) is 2.29. The van der Waals surface area contributed by atoms with Gasteiger partial charge in [-0.1, -0.05) is 12.1 Å². The number of nitrogens with one attached hydrogen (secondary N) is 1. The van der Waals surface area contributed by atoms with E-state index in [1.807, 2.05) is 47.4 Å². The van der Waals surface area contributed by atoms with Gasteiger partial charge >= 0.3 is 0 Å². The molecular weight excluding hydrogens is 262 g/mol. The Labute approximate surface area is 121 Å². The van der Waals surface area contributed by atoms with Crippen molar-refractivity contribution in [2.24, 2.45) is 0 Å². The second-order valence-electron chi connectivity index (χ2n) is 4.92. The van der Waals surface area contributed by atoms with Crippen molar-refractivity contribution in [1.29, 1.82) is 0 Å². The van der Waals surface area contributed by atoms with Crippen molar-refractivity contribution in [2.45, 2.75) is 6.54 Å². The molecule has 1 N–H and O–H groups in total. The number of nitrogens with zero attached hydrogens (tertiary/aromatic N) is 4. The Bertz CT molecular complexity index is 843. The van der Waals surface area contributed by atoms with Crippen LogP contribution in [0.5, 0.6) is 0 Å². The third-order valence-electron chi connectivity index (χ3n) is 3.38. The van der Waals surface area contributed by atoms with E-state index < -0.39 is 0 Å². The molecule has 3 aromatic heterocycles. The second-order valence-corrected chi connectivity index (χ2v) is 4.92. The van der Waals surface area contributed by atoms with Crippen molar-refractivity contribution in [3.63, 3.8) is 0 Å². The van der Waals surface area contributed by atoms with E-state index in [0.29, 0.717) is 0 Å². The number of aromatic amines is 1. The molecule has 4 rings (SSSR count). The van der Waals surface area contributed by atoms with Gasteiger partial charge < -0.3 is 9.55 Å². The number of rotatable bonds is 3. The van der Waals surface area contributed by atoms with E-state index in [9.17, 15) is 0 Å². The summed E-state index contributed by atoms with van der Waals surface area (Å²) in [6.07, 6.45) is 9.21. The maximum absolute atomic E-state index is 4.61. The molecule has 0 aliphatic heterocycles. The summed E-state index contributed by atoms with van der Waals surface area (Å²) < 4.78 is 2.01. The molecular formula is C16H13N5. The highest BCUT2D eigenvalue weighted by Crippen LogP contribution is 2.20. The standard InChI is InChI=1S/C16H13N5/c1-2-4-15-14(3-1)19-16(20-15)13-7-12(8-18-9-13)10-21-6-5-17-11-21/h1-9,11H,10H2,(H,19,20). The molecule has 0 radical (unpaired) electrons. The fraction of sp³-hybridized carbons (Fsp3) is 0.0625. The monoisotopic (exact) mass is 275 g/mol. The molecule has 0 saturated carbocycles. The molecule has 5 nitrogen and oxygen atoms in total. The lowest BCUT2D eigenvalue weighted by Gasteiger charge is -2.03. The Morgan fingerprint density at radius 2 is 2.05 bits per heavy atom. The van der Waals surface area contributed by atoms with Gasteiger partial charge in [0.15, 0.2) is 0 Å². The normalized spacial score (nSPS) is 11.0. The van der Waals surface area contributed by atoms with Crippen LogP contribution in [0.4, 0.5) is 0 Å². The summed E-state index contributed by atoms with van der Waals surface area (Å²) in [5.74, 6) is 0.844. The molecule has 1 aromatic carbocycles. The van der Waals surface area contributed by atoms with Crippen molar-refractivity contribution >= 4 is 11.0 Å². The SMILES string of the molecule is c1ccc2[nH]c(-c3cncc(Cn4ccnc4)c3)nc2c1. The lowest BCUT2D eigenvalue weighted by Crippen LogP contribution is -1.97. The van der Waals surface area contributed by atoms with Crippen LogP contribution in [0.1, 0.15) is 5.56 Å². The van der Waals surface area contributed by atoms with Crippen molar-refractivity contribution in [1.82, 2.24) is 24.5 Å². The van der Waals surface area contributed by atoms with Crippen LogP contribution in [-0.2, 0) is 6.54 Å². The molecule has 21 heavy (non-hydrogen) atoms. The van der Waals surface area contributed by atoms with Crippen LogP contribution < -0.4 is 0 Å². The first-order chi connectivity index (χ1) is 10.4. The van der Waals surface area contributed by atoms with Crippen LogP contribution in [0.3, 0.4) is 0 Å². The van der Waals surface area contributed by atoms with Gasteiger partial charge in [-0.3, -0.25) is 4.98 Å². The molecule has 0 aliphatic carbocycles. The first kappa shape index (κ1) is 11.8. The molecule has 0 atom stereocenters. The summed E-state index contributed by atoms with van der Waals surface area (Å²) in [6.45, 7) is 0.751. The predicted octanol–water partition coefficient (Wildman–Crippen LogP) is 2.87. The molecule has 0 unspecified atom stereocenters. The summed E-state index contributed by atoms with van der Waals surface area (Å²) in [5, 5.41) is 0. The number of fused-ring (bicyclic) bond motifs is 1. The maximum atomic E-state index is 4.61. The zero-order valence-electron chi connectivity index (χ0n) is 11.3. The predicted molar refractivity (Wildman–Crippen MR) is 80.7 cm³/mol. The molecule has 0 bridgehead atoms. The Kier molecular flexibility index (Phi) is 2.74. The average molecular weight is 275 g/mol. The van der Waals surface area contributed by atoms with Gasteiger partial charge in [-0.2, -0.15) is 0 Å². The van der Waals surface area contributed by atoms with Gasteiger partial charge in [0.05, 0.1) is 23.9 Å². The summed E-state index contributed by atoms with van der Waals surface area (Å²) in [6, 6.07) is 10.1. The summed E-state index contributed by atoms with van der Waals surface area (Å²) in [7, 11) is 0. The molecule has 102 valence electrons. The quantitative estimate of drug-likeness (QED) is 0.625. The lowest BCUT2D eigenvalue weighted by molar-refractivity contribution is 0.793. The van der Waals surface area contributed by atoms with Crippen molar-refractivity contribution in [2.75, 3.05) is 0 Å². The van der Waals surface area contributed by atoms with Gasteiger partial charge in [-0.25, -0.2) is 9.97 Å². The van der Waals surface area contributed by atoms with Crippen LogP contribution in [0.25, 0.3) is 22.4 Å². The number of H-pyrrole nitrogens is 1. The molecule has 0 spiro atoms. The smallest absolute Gasteiger partial charge is 0.140 e. The Morgan fingerprint density at radius 1 is 1.10 bits per heavy atom. The highest BCUT2D eigenvalue weighted by atomic mass is 15.0. The average Bonchev–Trinajstić information content (AvgIpc) is 3.16. The van der Waals surface area contributed by atoms with E-state index >= 15 is 0 Å². The van der Waals surface area contributed by atoms with Crippen molar-refractivity contribution in [3.05, 3.63) is 67.0 Å². The van der Waals surface area contributed by atoms with E-state index in [-0.39, 0.29) is 0 Å². The highest BCUT2D eigenvalue weighted by Gasteiger charge is 2.06. The minimum atomic E-state index is 0.751. The number of aromatic nitrogens is 5. The van der Waals surface area contributed by atoms with E-state index in [1.165, 1.54) is 0 Å². The fourth-order valence-electron chi connectivity index (χ4n) is 2.38. The van der Waals surface area contributed by atoms with Gasteiger partial charge in [-0.15, -0.1) is 0 Å². The summed E-state index contributed by atoms with van der Waals surface area (Å²) in [5.41, 5.74) is 4.11. The van der Waals surface area contributed by atoms with E-state index in [0.717, 1.165) is 34.5 Å². The molecule has 4 aromatic rings. The minimum absolute atomic E-state index is 0.751. The van der Waals surface area contributed by atoms with Gasteiger partial charge in [0, 0.05) is 30.4 Å². The van der Waals surface area contributed by atoms with Crippen molar-refractivity contribution < 1.29 is 0 Å². The molecule has 3 heterocycles. The number of hydrogen-bond donors (Lipinski definition) is 1. The first-order valence-electron chi connectivity index (χ1n) is 6.73. The number of hydrogen-bond acceptors (Lipinski definition) is 3. The van der Waals surface area contributed by atoms with Gasteiger partial charge in [0.25, 0.3) is 0 Å².